The van der Waals surface area contributed by atoms with E-state index >= 15 is 0 Å². The third-order valence-electron chi connectivity index (χ3n) is 6.22. The number of anilines is 1. The average molecular weight is 530 g/mol. The monoisotopic (exact) mass is 529 g/mol. The van der Waals surface area contributed by atoms with Gasteiger partial charge >= 0.3 is 0 Å². The normalized spacial score (nSPS) is 11.4. The van der Waals surface area contributed by atoms with Gasteiger partial charge in [0.15, 0.2) is 0 Å². The van der Waals surface area contributed by atoms with E-state index in [1.165, 1.54) is 11.8 Å². The van der Waals surface area contributed by atoms with Gasteiger partial charge in [0, 0.05) is 22.3 Å². The molecule has 0 saturated heterocycles. The van der Waals surface area contributed by atoms with Crippen LogP contribution in [0.1, 0.15) is 23.2 Å². The number of rotatable bonds is 10. The summed E-state index contributed by atoms with van der Waals surface area (Å²) in [6, 6.07) is 22.4. The molecule has 0 radical (unpaired) electrons. The molecule has 0 aliphatic carbocycles. The zero-order valence-corrected chi connectivity index (χ0v) is 21.9. The predicted molar refractivity (Wildman–Crippen MR) is 144 cm³/mol. The van der Waals surface area contributed by atoms with E-state index in [4.69, 9.17) is 13.7 Å². The van der Waals surface area contributed by atoms with Crippen molar-refractivity contribution in [3.63, 3.8) is 0 Å². The molecule has 0 atom stereocenters. The Labute approximate surface area is 221 Å². The maximum absolute atomic E-state index is 13.5. The van der Waals surface area contributed by atoms with Crippen molar-refractivity contribution in [3.05, 3.63) is 102 Å². The lowest BCUT2D eigenvalue weighted by Crippen LogP contribution is -2.14. The number of hydrogen-bond acceptors (Lipinski definition) is 7. The van der Waals surface area contributed by atoms with Gasteiger partial charge in [0.05, 0.1) is 23.4 Å². The first kappa shape index (κ1) is 25.3. The molecular weight excluding hydrogens is 502 g/mol. The molecule has 5 aromatic rings. The number of oxazole rings is 1. The number of sulfonamides is 1. The fraction of sp³-hybridized carbons (Fsp3) is 0.172. The number of nitrogens with one attached hydrogen (secondary N) is 1. The van der Waals surface area contributed by atoms with Crippen molar-refractivity contribution in [2.75, 3.05) is 11.3 Å². The van der Waals surface area contributed by atoms with Crippen LogP contribution in [0.3, 0.4) is 0 Å². The van der Waals surface area contributed by atoms with Gasteiger partial charge in [-0.2, -0.15) is 0 Å². The topological polar surface area (TPSA) is 107 Å². The summed E-state index contributed by atoms with van der Waals surface area (Å²) in [7, 11) is -4.00. The van der Waals surface area contributed by atoms with Crippen LogP contribution in [-0.2, 0) is 16.4 Å². The van der Waals surface area contributed by atoms with E-state index in [0.29, 0.717) is 40.6 Å². The van der Waals surface area contributed by atoms with Gasteiger partial charge in [-0.3, -0.25) is 0 Å². The second kappa shape index (κ2) is 10.9. The zero-order chi connectivity index (χ0) is 26.5. The average Bonchev–Trinajstić information content (AvgIpc) is 3.58. The first-order chi connectivity index (χ1) is 18.4. The molecule has 0 amide bonds. The molecule has 2 heterocycles. The van der Waals surface area contributed by atoms with E-state index in [9.17, 15) is 8.42 Å². The van der Waals surface area contributed by atoms with E-state index < -0.39 is 10.0 Å². The summed E-state index contributed by atoms with van der Waals surface area (Å²) in [6.45, 7) is 3.94. The molecule has 0 spiro atoms. The molecule has 2 aromatic heterocycles. The maximum Gasteiger partial charge on any atom is 0.264 e. The Morgan fingerprint density at radius 3 is 2.47 bits per heavy atom. The van der Waals surface area contributed by atoms with Crippen LogP contribution >= 0.6 is 0 Å². The predicted octanol–water partition coefficient (Wildman–Crippen LogP) is 6.43. The van der Waals surface area contributed by atoms with E-state index in [-0.39, 0.29) is 10.8 Å². The van der Waals surface area contributed by atoms with Crippen molar-refractivity contribution in [1.29, 1.82) is 0 Å². The van der Waals surface area contributed by atoms with Crippen molar-refractivity contribution in [1.82, 2.24) is 10.1 Å². The molecule has 0 aliphatic rings. The minimum absolute atomic E-state index is 0.0893. The summed E-state index contributed by atoms with van der Waals surface area (Å²) in [4.78, 5) is 4.32. The Hall–Kier alpha value is -4.37. The van der Waals surface area contributed by atoms with Crippen LogP contribution in [0.15, 0.2) is 99.1 Å². The molecule has 9 heteroatoms. The van der Waals surface area contributed by atoms with Gasteiger partial charge in [-0.1, -0.05) is 53.7 Å². The lowest BCUT2D eigenvalue weighted by Gasteiger charge is -2.16. The Bertz CT molecular complexity index is 1630. The van der Waals surface area contributed by atoms with Crippen molar-refractivity contribution in [3.8, 4) is 28.3 Å². The van der Waals surface area contributed by atoms with Gasteiger partial charge in [0.25, 0.3) is 10.0 Å². The molecule has 0 fully saturated rings. The minimum Gasteiger partial charge on any atom is -0.493 e. The lowest BCUT2D eigenvalue weighted by atomic mass is 10.0. The largest absolute Gasteiger partial charge is 0.493 e. The van der Waals surface area contributed by atoms with Crippen LogP contribution in [0.4, 0.5) is 5.88 Å². The van der Waals surface area contributed by atoms with Gasteiger partial charge < -0.3 is 13.7 Å². The quantitative estimate of drug-likeness (QED) is 0.208. The van der Waals surface area contributed by atoms with E-state index in [0.717, 1.165) is 18.4 Å². The first-order valence-electron chi connectivity index (χ1n) is 12.2. The summed E-state index contributed by atoms with van der Waals surface area (Å²) in [6.07, 6.45) is 4.73. The molecule has 0 bridgehead atoms. The Kier molecular flexibility index (Phi) is 7.28. The second-order valence-corrected chi connectivity index (χ2v) is 10.5. The zero-order valence-electron chi connectivity index (χ0n) is 21.0. The van der Waals surface area contributed by atoms with E-state index in [1.807, 2.05) is 36.4 Å². The van der Waals surface area contributed by atoms with Crippen molar-refractivity contribution >= 4 is 15.9 Å². The van der Waals surface area contributed by atoms with Crippen molar-refractivity contribution in [2.24, 2.45) is 0 Å². The smallest absolute Gasteiger partial charge is 0.264 e. The highest BCUT2D eigenvalue weighted by Gasteiger charge is 2.24. The molecule has 0 saturated carbocycles. The Morgan fingerprint density at radius 2 is 1.74 bits per heavy atom. The number of ether oxygens (including phenoxy) is 1. The lowest BCUT2D eigenvalue weighted by molar-refractivity contribution is 0.312. The van der Waals surface area contributed by atoms with Crippen LogP contribution in [0.5, 0.6) is 5.75 Å². The third-order valence-corrected chi connectivity index (χ3v) is 7.61. The third kappa shape index (κ3) is 5.47. The molecule has 0 unspecified atom stereocenters. The van der Waals surface area contributed by atoms with Crippen molar-refractivity contribution < 1.29 is 22.1 Å². The van der Waals surface area contributed by atoms with E-state index in [2.05, 4.69) is 27.0 Å². The minimum atomic E-state index is -4.00. The van der Waals surface area contributed by atoms with Crippen LogP contribution in [-0.4, -0.2) is 25.2 Å². The molecule has 5 rings (SSSR count). The summed E-state index contributed by atoms with van der Waals surface area (Å²) < 4.78 is 46.4. The van der Waals surface area contributed by atoms with Crippen LogP contribution in [0.25, 0.3) is 22.6 Å². The standard InChI is InChI=1S/C29H27N3O5S/c1-20-21(2)31-37-28(20)32-38(33,34)27-13-7-6-12-25(27)24-15-14-23(29-30-16-18-36-29)19-26(24)35-17-8-11-22-9-4-3-5-10-22/h3-7,9-10,12-16,18-19,32H,8,11,17H2,1-2H3. The van der Waals surface area contributed by atoms with Gasteiger partial charge in [0.2, 0.25) is 11.8 Å². The fourth-order valence-corrected chi connectivity index (χ4v) is 5.35. The highest BCUT2D eigenvalue weighted by molar-refractivity contribution is 7.92. The van der Waals surface area contributed by atoms with Gasteiger partial charge in [-0.25, -0.2) is 18.1 Å². The second-order valence-electron chi connectivity index (χ2n) is 8.81. The first-order valence-corrected chi connectivity index (χ1v) is 13.7. The summed E-state index contributed by atoms with van der Waals surface area (Å²) in [5.41, 5.74) is 4.32. The Morgan fingerprint density at radius 1 is 0.947 bits per heavy atom. The van der Waals surface area contributed by atoms with Gasteiger partial charge in [-0.15, -0.1) is 0 Å². The van der Waals surface area contributed by atoms with Gasteiger partial charge in [-0.05, 0) is 56.5 Å². The molecule has 38 heavy (non-hydrogen) atoms. The molecule has 194 valence electrons. The summed E-state index contributed by atoms with van der Waals surface area (Å²) in [5.74, 6) is 1.07. The number of hydrogen-bond donors (Lipinski definition) is 1. The number of nitrogens with zero attached hydrogens (tertiary/aromatic N) is 2. The van der Waals surface area contributed by atoms with Crippen LogP contribution in [0.2, 0.25) is 0 Å². The SMILES string of the molecule is Cc1noc(NS(=O)(=O)c2ccccc2-c2ccc(-c3ncco3)cc2OCCCc2ccccc2)c1C. The molecule has 0 aliphatic heterocycles. The summed E-state index contributed by atoms with van der Waals surface area (Å²) in [5, 5.41) is 3.85. The summed E-state index contributed by atoms with van der Waals surface area (Å²) >= 11 is 0. The molecule has 3 aromatic carbocycles. The highest BCUT2D eigenvalue weighted by atomic mass is 32.2. The fourth-order valence-electron chi connectivity index (χ4n) is 4.08. The van der Waals surface area contributed by atoms with E-state index in [1.54, 1.807) is 44.3 Å². The number of aromatic nitrogens is 2. The van der Waals surface area contributed by atoms with Crippen molar-refractivity contribution in [2.45, 2.75) is 31.6 Å². The number of benzene rings is 3. The molecule has 8 nitrogen and oxygen atoms in total. The van der Waals surface area contributed by atoms with Gasteiger partial charge in [0.1, 0.15) is 12.0 Å². The number of aryl methyl sites for hydroxylation is 2. The highest BCUT2D eigenvalue weighted by Crippen LogP contribution is 2.38. The molecular formula is C29H27N3O5S. The maximum atomic E-state index is 13.5. The van der Waals surface area contributed by atoms with Crippen LogP contribution < -0.4 is 9.46 Å². The Balaban J connectivity index is 1.48. The molecule has 1 N–H and O–H groups in total. The van der Waals surface area contributed by atoms with Crippen LogP contribution in [0, 0.1) is 13.8 Å².